The van der Waals surface area contributed by atoms with Gasteiger partial charge in [-0.25, -0.2) is 0 Å². The van der Waals surface area contributed by atoms with E-state index < -0.39 is 0 Å². The molecule has 0 saturated carbocycles. The Kier molecular flexibility index (Phi) is 3.71. The molecule has 2 heteroatoms. The number of rotatable bonds is 3. The van der Waals surface area contributed by atoms with Crippen LogP contribution in [0.4, 0.5) is 0 Å². The molecule has 1 saturated heterocycles. The van der Waals surface area contributed by atoms with Crippen LogP contribution in [-0.2, 0) is 6.42 Å². The third-order valence-corrected chi connectivity index (χ3v) is 4.38. The predicted octanol–water partition coefficient (Wildman–Crippen LogP) is 3.36. The molecule has 0 spiro atoms. The fourth-order valence-corrected chi connectivity index (χ4v) is 3.50. The summed E-state index contributed by atoms with van der Waals surface area (Å²) in [6.45, 7) is 4.49. The molecule has 1 fully saturated rings. The minimum Gasteiger partial charge on any atom is -0.298 e. The Balaban J connectivity index is 2.16. The Morgan fingerprint density at radius 2 is 2.13 bits per heavy atom. The lowest BCUT2D eigenvalue weighted by Crippen LogP contribution is -2.25. The van der Waals surface area contributed by atoms with Crippen LogP contribution < -0.4 is 5.32 Å². The second-order valence-electron chi connectivity index (χ2n) is 4.04. The summed E-state index contributed by atoms with van der Waals surface area (Å²) >= 11 is 2.05. The lowest BCUT2D eigenvalue weighted by atomic mass is 10.0. The van der Waals surface area contributed by atoms with Crippen LogP contribution in [0.15, 0.2) is 24.3 Å². The molecule has 1 aromatic rings. The predicted molar refractivity (Wildman–Crippen MR) is 68.2 cm³/mol. The first-order chi connectivity index (χ1) is 7.35. The average Bonchev–Trinajstić information content (AvgIpc) is 2.77. The summed E-state index contributed by atoms with van der Waals surface area (Å²) < 4.78 is 0. The van der Waals surface area contributed by atoms with Gasteiger partial charge < -0.3 is 0 Å². The number of hydrogen-bond acceptors (Lipinski definition) is 2. The van der Waals surface area contributed by atoms with E-state index in [2.05, 4.69) is 43.4 Å². The van der Waals surface area contributed by atoms with Crippen molar-refractivity contribution in [1.82, 2.24) is 5.32 Å². The van der Waals surface area contributed by atoms with Gasteiger partial charge in [0, 0.05) is 11.8 Å². The highest BCUT2D eigenvalue weighted by atomic mass is 32.2. The molecule has 1 heterocycles. The molecule has 0 bridgehead atoms. The van der Waals surface area contributed by atoms with Crippen molar-refractivity contribution in [2.24, 2.45) is 0 Å². The normalized spacial score (nSPS) is 25.7. The maximum Gasteiger partial charge on any atom is 0.0795 e. The van der Waals surface area contributed by atoms with Gasteiger partial charge in [-0.3, -0.25) is 5.32 Å². The first-order valence-corrected chi connectivity index (χ1v) is 6.85. The third kappa shape index (κ3) is 2.37. The first-order valence-electron chi connectivity index (χ1n) is 5.80. The van der Waals surface area contributed by atoms with Crippen molar-refractivity contribution < 1.29 is 0 Å². The van der Waals surface area contributed by atoms with Gasteiger partial charge in [0.15, 0.2) is 0 Å². The van der Waals surface area contributed by atoms with Crippen molar-refractivity contribution in [3.05, 3.63) is 35.4 Å². The monoisotopic (exact) mass is 221 g/mol. The van der Waals surface area contributed by atoms with E-state index >= 15 is 0 Å². The van der Waals surface area contributed by atoms with Crippen LogP contribution >= 0.6 is 11.8 Å². The zero-order chi connectivity index (χ0) is 10.7. The zero-order valence-electron chi connectivity index (χ0n) is 9.49. The molecule has 15 heavy (non-hydrogen) atoms. The van der Waals surface area contributed by atoms with E-state index in [0.717, 1.165) is 6.42 Å². The van der Waals surface area contributed by atoms with E-state index in [1.165, 1.54) is 23.3 Å². The fourth-order valence-electron chi connectivity index (χ4n) is 2.05. The molecule has 82 valence electrons. The van der Waals surface area contributed by atoms with Gasteiger partial charge in [0.1, 0.15) is 0 Å². The number of aryl methyl sites for hydroxylation is 1. The van der Waals surface area contributed by atoms with Crippen LogP contribution in [0, 0.1) is 0 Å². The highest BCUT2D eigenvalue weighted by Crippen LogP contribution is 2.35. The Hall–Kier alpha value is -0.470. The summed E-state index contributed by atoms with van der Waals surface area (Å²) in [5.74, 6) is 1.25. The maximum absolute atomic E-state index is 3.69. The number of thioether (sulfide) groups is 1. The van der Waals surface area contributed by atoms with Crippen molar-refractivity contribution in [1.29, 1.82) is 0 Å². The third-order valence-electron chi connectivity index (χ3n) is 3.06. The molecule has 0 radical (unpaired) electrons. The van der Waals surface area contributed by atoms with Crippen LogP contribution in [0.3, 0.4) is 0 Å². The summed E-state index contributed by atoms with van der Waals surface area (Å²) in [4.78, 5) is 0. The molecule has 0 aliphatic carbocycles. The standard InChI is InChI=1S/C13H19NS/c1-3-10-7-5-6-8-12(10)13-14-11(4-2)9-15-13/h5-8,11,13-14H,3-4,9H2,1-2H3. The highest BCUT2D eigenvalue weighted by Gasteiger charge is 2.25. The van der Waals surface area contributed by atoms with E-state index in [0.29, 0.717) is 11.4 Å². The molecule has 1 aliphatic rings. The average molecular weight is 221 g/mol. The Labute approximate surface area is 96.7 Å². The Bertz CT molecular complexity index is 324. The summed E-state index contributed by atoms with van der Waals surface area (Å²) in [7, 11) is 0. The van der Waals surface area contributed by atoms with Crippen LogP contribution in [-0.4, -0.2) is 11.8 Å². The van der Waals surface area contributed by atoms with E-state index in [1.54, 1.807) is 0 Å². The van der Waals surface area contributed by atoms with Crippen LogP contribution in [0.5, 0.6) is 0 Å². The van der Waals surface area contributed by atoms with Crippen molar-refractivity contribution in [2.45, 2.75) is 38.1 Å². The highest BCUT2D eigenvalue weighted by molar-refractivity contribution is 7.99. The lowest BCUT2D eigenvalue weighted by Gasteiger charge is -2.15. The Morgan fingerprint density at radius 1 is 1.33 bits per heavy atom. The smallest absolute Gasteiger partial charge is 0.0795 e. The number of benzene rings is 1. The van der Waals surface area contributed by atoms with Crippen LogP contribution in [0.1, 0.15) is 36.8 Å². The quantitative estimate of drug-likeness (QED) is 0.840. The van der Waals surface area contributed by atoms with Gasteiger partial charge in [-0.2, -0.15) is 0 Å². The molecule has 1 aromatic carbocycles. The molecule has 1 N–H and O–H groups in total. The zero-order valence-corrected chi connectivity index (χ0v) is 10.3. The summed E-state index contributed by atoms with van der Waals surface area (Å²) in [5.41, 5.74) is 2.97. The molecule has 0 amide bonds. The SMILES string of the molecule is CCc1ccccc1C1NC(CC)CS1. The van der Waals surface area contributed by atoms with Gasteiger partial charge in [0.2, 0.25) is 0 Å². The van der Waals surface area contributed by atoms with E-state index in [-0.39, 0.29) is 0 Å². The van der Waals surface area contributed by atoms with E-state index in [1.807, 2.05) is 11.8 Å². The van der Waals surface area contributed by atoms with Gasteiger partial charge in [-0.05, 0) is 24.0 Å². The van der Waals surface area contributed by atoms with Gasteiger partial charge in [-0.1, -0.05) is 38.1 Å². The van der Waals surface area contributed by atoms with E-state index in [9.17, 15) is 0 Å². The molecule has 0 aromatic heterocycles. The topological polar surface area (TPSA) is 12.0 Å². The molecular formula is C13H19NS. The van der Waals surface area contributed by atoms with Crippen molar-refractivity contribution in [3.63, 3.8) is 0 Å². The second-order valence-corrected chi connectivity index (χ2v) is 5.18. The molecular weight excluding hydrogens is 202 g/mol. The Morgan fingerprint density at radius 3 is 2.80 bits per heavy atom. The van der Waals surface area contributed by atoms with Crippen LogP contribution in [0.25, 0.3) is 0 Å². The maximum atomic E-state index is 3.69. The largest absolute Gasteiger partial charge is 0.298 e. The van der Waals surface area contributed by atoms with E-state index in [4.69, 9.17) is 0 Å². The second kappa shape index (κ2) is 5.04. The van der Waals surface area contributed by atoms with Gasteiger partial charge >= 0.3 is 0 Å². The summed E-state index contributed by atoms with van der Waals surface area (Å²) in [6.07, 6.45) is 2.36. The lowest BCUT2D eigenvalue weighted by molar-refractivity contribution is 0.560. The van der Waals surface area contributed by atoms with Crippen LogP contribution in [0.2, 0.25) is 0 Å². The molecule has 2 rings (SSSR count). The van der Waals surface area contributed by atoms with Gasteiger partial charge in [0.05, 0.1) is 5.37 Å². The summed E-state index contributed by atoms with van der Waals surface area (Å²) in [6, 6.07) is 9.50. The molecule has 1 aliphatic heterocycles. The fraction of sp³-hybridized carbons (Fsp3) is 0.538. The molecule has 2 unspecified atom stereocenters. The minimum absolute atomic E-state index is 0.520. The number of nitrogens with one attached hydrogen (secondary N) is 1. The molecule has 2 atom stereocenters. The van der Waals surface area contributed by atoms with Crippen molar-refractivity contribution in [3.8, 4) is 0 Å². The minimum atomic E-state index is 0.520. The van der Waals surface area contributed by atoms with Gasteiger partial charge in [-0.15, -0.1) is 11.8 Å². The summed E-state index contributed by atoms with van der Waals surface area (Å²) in [5, 5.41) is 4.21. The van der Waals surface area contributed by atoms with Crippen molar-refractivity contribution >= 4 is 11.8 Å². The van der Waals surface area contributed by atoms with Crippen molar-refractivity contribution in [2.75, 3.05) is 5.75 Å². The first kappa shape index (κ1) is 11.0. The molecule has 1 nitrogen and oxygen atoms in total. The van der Waals surface area contributed by atoms with Gasteiger partial charge in [0.25, 0.3) is 0 Å². The number of hydrogen-bond donors (Lipinski definition) is 1.